The molecular weight excluding hydrogens is 282 g/mol. The minimum Gasteiger partial charge on any atom is -0.381 e. The van der Waals surface area contributed by atoms with E-state index in [0.717, 1.165) is 26.6 Å². The Kier molecular flexibility index (Phi) is 2.22. The molecule has 2 heterocycles. The molecule has 0 fully saturated rings. The Balaban J connectivity index is 2.34. The molecule has 0 saturated carbocycles. The minimum absolute atomic E-state index is 0.392. The first-order valence-electron chi connectivity index (χ1n) is 5.15. The molecule has 4 nitrogen and oxygen atoms in total. The predicted octanol–water partition coefficient (Wildman–Crippen LogP) is 3.48. The number of aryl methyl sites for hydroxylation is 1. The molecule has 0 aliphatic heterocycles. The second-order valence-corrected chi connectivity index (χ2v) is 4.85. The summed E-state index contributed by atoms with van der Waals surface area (Å²) in [6.07, 6.45) is 0. The normalized spacial score (nSPS) is 11.2. The van der Waals surface area contributed by atoms with Crippen molar-refractivity contribution in [2.24, 2.45) is 0 Å². The van der Waals surface area contributed by atoms with Gasteiger partial charge in [-0.15, -0.1) is 0 Å². The molecule has 0 atom stereocenters. The number of hydrogen-bond donors (Lipinski definition) is 2. The number of halogens is 1. The average Bonchev–Trinajstić information content (AvgIpc) is 2.81. The first-order valence-corrected chi connectivity index (χ1v) is 5.95. The van der Waals surface area contributed by atoms with Crippen molar-refractivity contribution >= 4 is 32.7 Å². The number of anilines is 1. The highest BCUT2D eigenvalue weighted by Gasteiger charge is 2.14. The summed E-state index contributed by atoms with van der Waals surface area (Å²) in [6.45, 7) is 2.00. The van der Waals surface area contributed by atoms with E-state index in [1.54, 1.807) is 6.07 Å². The van der Waals surface area contributed by atoms with Crippen molar-refractivity contribution in [3.63, 3.8) is 0 Å². The summed E-state index contributed by atoms with van der Waals surface area (Å²) in [6, 6.07) is 7.80. The molecule has 5 heteroatoms. The number of benzene rings is 1. The number of aromatic nitrogens is 2. The Morgan fingerprint density at radius 3 is 2.88 bits per heavy atom. The molecule has 0 unspecified atom stereocenters. The summed E-state index contributed by atoms with van der Waals surface area (Å²) in [5.41, 5.74) is 8.69. The van der Waals surface area contributed by atoms with Gasteiger partial charge in [-0.2, -0.15) is 0 Å². The van der Waals surface area contributed by atoms with Crippen molar-refractivity contribution < 1.29 is 4.52 Å². The summed E-state index contributed by atoms with van der Waals surface area (Å²) in [5.74, 6) is 1.08. The van der Waals surface area contributed by atoms with Crippen LogP contribution in [0.1, 0.15) is 5.69 Å². The van der Waals surface area contributed by atoms with Crippen LogP contribution in [0.3, 0.4) is 0 Å². The lowest BCUT2D eigenvalue weighted by molar-refractivity contribution is 0.436. The van der Waals surface area contributed by atoms with Crippen LogP contribution in [0.25, 0.3) is 22.2 Å². The number of H-pyrrole nitrogens is 1. The van der Waals surface area contributed by atoms with E-state index in [-0.39, 0.29) is 0 Å². The van der Waals surface area contributed by atoms with E-state index in [0.29, 0.717) is 11.6 Å². The van der Waals surface area contributed by atoms with Crippen LogP contribution in [0.2, 0.25) is 0 Å². The van der Waals surface area contributed by atoms with Gasteiger partial charge in [0.1, 0.15) is 0 Å². The van der Waals surface area contributed by atoms with E-state index < -0.39 is 0 Å². The zero-order valence-corrected chi connectivity index (χ0v) is 10.7. The molecule has 1 aromatic carbocycles. The van der Waals surface area contributed by atoms with E-state index >= 15 is 0 Å². The van der Waals surface area contributed by atoms with Gasteiger partial charge in [-0.05, 0) is 25.1 Å². The lowest BCUT2D eigenvalue weighted by Crippen LogP contribution is -1.80. The molecule has 3 aromatic rings. The molecule has 0 amide bonds. The lowest BCUT2D eigenvalue weighted by Gasteiger charge is -1.95. The SMILES string of the molecule is Cc1[nH]c2ccc(Br)cc2c1-c1cc(N)no1. The largest absolute Gasteiger partial charge is 0.381 e. The number of nitrogen functional groups attached to an aromatic ring is 1. The van der Waals surface area contributed by atoms with Crippen LogP contribution in [0, 0.1) is 6.92 Å². The third-order valence-electron chi connectivity index (χ3n) is 2.72. The van der Waals surface area contributed by atoms with Crippen molar-refractivity contribution in [1.82, 2.24) is 10.1 Å². The fourth-order valence-corrected chi connectivity index (χ4v) is 2.38. The molecule has 0 aliphatic rings. The van der Waals surface area contributed by atoms with Gasteiger partial charge >= 0.3 is 0 Å². The molecule has 0 bridgehead atoms. The van der Waals surface area contributed by atoms with Gasteiger partial charge in [0.25, 0.3) is 0 Å². The van der Waals surface area contributed by atoms with Crippen LogP contribution >= 0.6 is 15.9 Å². The van der Waals surface area contributed by atoms with Crippen LogP contribution in [0.4, 0.5) is 5.82 Å². The molecule has 3 rings (SSSR count). The summed E-state index contributed by atoms with van der Waals surface area (Å²) in [4.78, 5) is 3.31. The number of rotatable bonds is 1. The Bertz CT molecular complexity index is 699. The standard InChI is InChI=1S/C12H10BrN3O/c1-6-12(10-5-11(14)16-17-10)8-4-7(13)2-3-9(8)15-6/h2-5,15H,1H3,(H2,14,16). The van der Waals surface area contributed by atoms with Crippen molar-refractivity contribution in [3.8, 4) is 11.3 Å². The molecule has 86 valence electrons. The Labute approximate surface area is 106 Å². The third-order valence-corrected chi connectivity index (χ3v) is 3.22. The second-order valence-electron chi connectivity index (χ2n) is 3.93. The van der Waals surface area contributed by atoms with Gasteiger partial charge in [-0.25, -0.2) is 0 Å². The summed E-state index contributed by atoms with van der Waals surface area (Å²) >= 11 is 3.47. The number of nitrogens with zero attached hydrogens (tertiary/aromatic N) is 1. The average molecular weight is 292 g/mol. The van der Waals surface area contributed by atoms with E-state index in [1.807, 2.05) is 25.1 Å². The number of nitrogens with one attached hydrogen (secondary N) is 1. The summed E-state index contributed by atoms with van der Waals surface area (Å²) in [7, 11) is 0. The molecule has 17 heavy (non-hydrogen) atoms. The zero-order valence-electron chi connectivity index (χ0n) is 9.12. The Morgan fingerprint density at radius 2 is 2.18 bits per heavy atom. The van der Waals surface area contributed by atoms with Crippen molar-refractivity contribution in [3.05, 3.63) is 34.4 Å². The molecule has 0 aliphatic carbocycles. The monoisotopic (exact) mass is 291 g/mol. The van der Waals surface area contributed by atoms with E-state index in [4.69, 9.17) is 10.3 Å². The van der Waals surface area contributed by atoms with Crippen LogP contribution < -0.4 is 5.73 Å². The minimum atomic E-state index is 0.392. The lowest BCUT2D eigenvalue weighted by atomic mass is 10.1. The van der Waals surface area contributed by atoms with E-state index in [9.17, 15) is 0 Å². The first kappa shape index (κ1) is 10.4. The highest BCUT2D eigenvalue weighted by Crippen LogP contribution is 2.34. The summed E-state index contributed by atoms with van der Waals surface area (Å²) < 4.78 is 6.25. The first-order chi connectivity index (χ1) is 8.15. The number of fused-ring (bicyclic) bond motifs is 1. The van der Waals surface area contributed by atoms with Crippen LogP contribution in [0.15, 0.2) is 33.3 Å². The molecule has 0 spiro atoms. The maximum absolute atomic E-state index is 5.58. The van der Waals surface area contributed by atoms with Gasteiger partial charge < -0.3 is 15.2 Å². The van der Waals surface area contributed by atoms with Gasteiger partial charge in [0.15, 0.2) is 11.6 Å². The van der Waals surface area contributed by atoms with Gasteiger partial charge in [-0.3, -0.25) is 0 Å². The van der Waals surface area contributed by atoms with Gasteiger partial charge in [-0.1, -0.05) is 21.1 Å². The highest BCUT2D eigenvalue weighted by molar-refractivity contribution is 9.10. The fourth-order valence-electron chi connectivity index (χ4n) is 2.02. The molecule has 3 N–H and O–H groups in total. The van der Waals surface area contributed by atoms with E-state index in [2.05, 4.69) is 26.1 Å². The van der Waals surface area contributed by atoms with E-state index in [1.165, 1.54) is 0 Å². The Hall–Kier alpha value is -1.75. The predicted molar refractivity (Wildman–Crippen MR) is 70.6 cm³/mol. The number of aromatic amines is 1. The fraction of sp³-hybridized carbons (Fsp3) is 0.0833. The van der Waals surface area contributed by atoms with Gasteiger partial charge in [0.05, 0.1) is 0 Å². The smallest absolute Gasteiger partial charge is 0.171 e. The molecule has 0 saturated heterocycles. The topological polar surface area (TPSA) is 67.8 Å². The molecule has 2 aromatic heterocycles. The second kappa shape index (κ2) is 3.63. The third kappa shape index (κ3) is 1.63. The van der Waals surface area contributed by atoms with Crippen molar-refractivity contribution in [2.75, 3.05) is 5.73 Å². The highest BCUT2D eigenvalue weighted by atomic mass is 79.9. The Morgan fingerprint density at radius 1 is 1.35 bits per heavy atom. The van der Waals surface area contributed by atoms with Crippen molar-refractivity contribution in [1.29, 1.82) is 0 Å². The maximum Gasteiger partial charge on any atom is 0.171 e. The van der Waals surface area contributed by atoms with Crippen LogP contribution in [0.5, 0.6) is 0 Å². The molecule has 0 radical (unpaired) electrons. The number of nitrogens with two attached hydrogens (primary N) is 1. The zero-order chi connectivity index (χ0) is 12.0. The molecular formula is C12H10BrN3O. The quantitative estimate of drug-likeness (QED) is 0.721. The van der Waals surface area contributed by atoms with Crippen LogP contribution in [-0.2, 0) is 0 Å². The number of hydrogen-bond acceptors (Lipinski definition) is 3. The van der Waals surface area contributed by atoms with Gasteiger partial charge in [0.2, 0.25) is 0 Å². The van der Waals surface area contributed by atoms with Crippen molar-refractivity contribution in [2.45, 2.75) is 6.92 Å². The van der Waals surface area contributed by atoms with Crippen LogP contribution in [-0.4, -0.2) is 10.1 Å². The summed E-state index contributed by atoms with van der Waals surface area (Å²) in [5, 5.41) is 4.81. The van der Waals surface area contributed by atoms with Gasteiger partial charge in [0, 0.05) is 32.7 Å². The maximum atomic E-state index is 5.58.